The molecule has 1 aliphatic rings. The monoisotopic (exact) mass is 157 g/mol. The van der Waals surface area contributed by atoms with E-state index in [9.17, 15) is 10.2 Å². The molecule has 3 N–H and O–H groups in total. The van der Waals surface area contributed by atoms with Gasteiger partial charge in [0.15, 0.2) is 0 Å². The highest BCUT2D eigenvalue weighted by atomic mass is 16.3. The normalized spacial score (nSPS) is 44.6. The summed E-state index contributed by atoms with van der Waals surface area (Å²) in [5, 5.41) is 22.0. The van der Waals surface area contributed by atoms with Crippen molar-refractivity contribution in [3.8, 4) is 0 Å². The van der Waals surface area contributed by atoms with E-state index < -0.39 is 12.2 Å². The average molecular weight is 157 g/mol. The Labute approximate surface area is 68.2 Å². The Morgan fingerprint density at radius 3 is 2.36 bits per heavy atom. The maximum Gasteiger partial charge on any atom is 0.126 e. The molecule has 0 radical (unpaired) electrons. The number of rotatable bonds is 2. The van der Waals surface area contributed by atoms with Gasteiger partial charge in [0.2, 0.25) is 0 Å². The maximum atomic E-state index is 9.45. The largest absolute Gasteiger partial charge is 0.390 e. The molecule has 1 fully saturated rings. The smallest absolute Gasteiger partial charge is 0.126 e. The van der Waals surface area contributed by atoms with Crippen molar-refractivity contribution in [1.29, 1.82) is 0 Å². The summed E-state index contributed by atoms with van der Waals surface area (Å²) in [7, 11) is 1.89. The quantitative estimate of drug-likeness (QED) is 0.425. The molecule has 0 saturated carbocycles. The third-order valence-corrected chi connectivity index (χ3v) is 2.35. The molecule has 4 heteroatoms. The zero-order valence-electron chi connectivity index (χ0n) is 7.12. The fourth-order valence-electron chi connectivity index (χ4n) is 1.63. The van der Waals surface area contributed by atoms with Gasteiger partial charge < -0.3 is 15.5 Å². The lowest BCUT2D eigenvalue weighted by molar-refractivity contribution is 0.0353. The molecule has 1 aliphatic heterocycles. The van der Waals surface area contributed by atoms with E-state index in [1.165, 1.54) is 0 Å². The van der Waals surface area contributed by atoms with Gasteiger partial charge in [0.25, 0.3) is 0 Å². The summed E-state index contributed by atoms with van der Waals surface area (Å²) in [5.74, 6) is 0.0292. The molecule has 0 bridgehead atoms. The van der Waals surface area contributed by atoms with Gasteiger partial charge in [-0.1, -0.05) is 13.3 Å². The van der Waals surface area contributed by atoms with Crippen molar-refractivity contribution in [2.24, 2.45) is 0 Å². The average Bonchev–Trinajstić information content (AvgIpc) is 2.19. The summed E-state index contributed by atoms with van der Waals surface area (Å²) < 4.78 is 0. The fourth-order valence-corrected chi connectivity index (χ4v) is 1.63. The number of hydrogen-bond donors (Lipinski definition) is 3. The van der Waals surface area contributed by atoms with Crippen LogP contribution in [-0.4, -0.2) is 42.3 Å². The zero-order valence-corrected chi connectivity index (χ0v) is 7.12. The molecule has 0 amide bonds. The summed E-state index contributed by atoms with van der Waals surface area (Å²) in [4.78, 5) is 0. The molecule has 0 aromatic carbocycles. The molecule has 0 spiro atoms. The number of hydrogen-bond acceptors (Lipinski definition) is 3. The van der Waals surface area contributed by atoms with E-state index in [1.54, 1.807) is 0 Å². The topological polar surface area (TPSA) is 52.5 Å². The van der Waals surface area contributed by atoms with Crippen LogP contribution in [0, 0.1) is 0 Å². The predicted octanol–water partition coefficient (Wildman–Crippen LogP) is -1.56. The minimum atomic E-state index is -0.591. The third kappa shape index (κ3) is 1.75. The van der Waals surface area contributed by atoms with Crippen molar-refractivity contribution in [3.63, 3.8) is 0 Å². The highest BCUT2D eigenvalue weighted by Gasteiger charge is 2.37. The first-order chi connectivity index (χ1) is 5.16. The SMILES string of the molecule is B[C@@H]1N[C@H](CCC)[C@@H](O)[C@H]1O. The van der Waals surface area contributed by atoms with Gasteiger partial charge in [-0.2, -0.15) is 0 Å². The Morgan fingerprint density at radius 2 is 2.00 bits per heavy atom. The van der Waals surface area contributed by atoms with Crippen LogP contribution < -0.4 is 5.32 Å². The Kier molecular flexibility index (Phi) is 2.93. The van der Waals surface area contributed by atoms with E-state index in [0.29, 0.717) is 0 Å². The van der Waals surface area contributed by atoms with Crippen molar-refractivity contribution >= 4 is 7.85 Å². The first-order valence-electron chi connectivity index (χ1n) is 4.29. The molecule has 0 unspecified atom stereocenters. The molecule has 1 rings (SSSR count). The summed E-state index contributed by atoms with van der Waals surface area (Å²) >= 11 is 0. The Hall–Kier alpha value is -0.0551. The number of aliphatic hydroxyl groups is 2. The highest BCUT2D eigenvalue weighted by Crippen LogP contribution is 2.15. The van der Waals surface area contributed by atoms with Crippen LogP contribution in [-0.2, 0) is 0 Å². The summed E-state index contributed by atoms with van der Waals surface area (Å²) in [6.07, 6.45) is 0.799. The molecule has 4 atom stereocenters. The van der Waals surface area contributed by atoms with E-state index in [1.807, 2.05) is 7.85 Å². The second kappa shape index (κ2) is 3.56. The Morgan fingerprint density at radius 1 is 1.36 bits per heavy atom. The van der Waals surface area contributed by atoms with Crippen LogP contribution in [0.4, 0.5) is 0 Å². The molecular weight excluding hydrogens is 141 g/mol. The lowest BCUT2D eigenvalue weighted by Gasteiger charge is -2.14. The molecule has 11 heavy (non-hydrogen) atoms. The van der Waals surface area contributed by atoms with Gasteiger partial charge in [0, 0.05) is 12.0 Å². The fraction of sp³-hybridized carbons (Fsp3) is 1.00. The molecule has 1 saturated heterocycles. The van der Waals surface area contributed by atoms with Gasteiger partial charge in [0.05, 0.1) is 12.2 Å². The molecular formula is C7H16BNO2. The van der Waals surface area contributed by atoms with Crippen molar-refractivity contribution < 1.29 is 10.2 Å². The van der Waals surface area contributed by atoms with Gasteiger partial charge >= 0.3 is 0 Å². The van der Waals surface area contributed by atoms with Gasteiger partial charge in [0.1, 0.15) is 7.85 Å². The Balaban J connectivity index is 2.45. The van der Waals surface area contributed by atoms with E-state index in [4.69, 9.17) is 0 Å². The lowest BCUT2D eigenvalue weighted by atomic mass is 9.92. The lowest BCUT2D eigenvalue weighted by Crippen LogP contribution is -2.33. The summed E-state index contributed by atoms with van der Waals surface area (Å²) in [5.41, 5.74) is 0. The van der Waals surface area contributed by atoms with Crippen molar-refractivity contribution in [3.05, 3.63) is 0 Å². The third-order valence-electron chi connectivity index (χ3n) is 2.35. The molecule has 64 valence electrons. The highest BCUT2D eigenvalue weighted by molar-refractivity contribution is 6.12. The van der Waals surface area contributed by atoms with E-state index in [-0.39, 0.29) is 12.0 Å². The van der Waals surface area contributed by atoms with Crippen LogP contribution >= 0.6 is 0 Å². The van der Waals surface area contributed by atoms with E-state index >= 15 is 0 Å². The first-order valence-corrected chi connectivity index (χ1v) is 4.29. The summed E-state index contributed by atoms with van der Waals surface area (Å²) in [6.45, 7) is 2.07. The second-order valence-electron chi connectivity index (χ2n) is 3.33. The molecule has 3 nitrogen and oxygen atoms in total. The minimum Gasteiger partial charge on any atom is -0.390 e. The maximum absolute atomic E-state index is 9.45. The Bertz CT molecular complexity index is 134. The first kappa shape index (κ1) is 9.04. The molecule has 0 aromatic rings. The number of aliphatic hydroxyl groups excluding tert-OH is 2. The van der Waals surface area contributed by atoms with Crippen LogP contribution in [0.2, 0.25) is 0 Å². The van der Waals surface area contributed by atoms with Crippen molar-refractivity contribution in [2.75, 3.05) is 0 Å². The van der Waals surface area contributed by atoms with Crippen molar-refractivity contribution in [2.45, 2.75) is 44.0 Å². The van der Waals surface area contributed by atoms with E-state index in [2.05, 4.69) is 12.2 Å². The van der Waals surface area contributed by atoms with Crippen LogP contribution in [0.3, 0.4) is 0 Å². The van der Waals surface area contributed by atoms with Crippen LogP contribution in [0.15, 0.2) is 0 Å². The standard InChI is InChI=1S/C7H16BNO2/c1-2-3-4-5(10)6(11)7(8)9-4/h4-7,9-11H,2-3,8H2,1H3/t4-,5-,6-,7-/m1/s1. The van der Waals surface area contributed by atoms with Crippen molar-refractivity contribution in [1.82, 2.24) is 5.32 Å². The van der Waals surface area contributed by atoms with Gasteiger partial charge in [-0.15, -0.1) is 0 Å². The molecule has 0 aromatic heterocycles. The van der Waals surface area contributed by atoms with E-state index in [0.717, 1.165) is 12.8 Å². The second-order valence-corrected chi connectivity index (χ2v) is 3.33. The van der Waals surface area contributed by atoms with Crippen LogP contribution in [0.25, 0.3) is 0 Å². The van der Waals surface area contributed by atoms with Crippen LogP contribution in [0.1, 0.15) is 19.8 Å². The van der Waals surface area contributed by atoms with Gasteiger partial charge in [-0.25, -0.2) is 0 Å². The van der Waals surface area contributed by atoms with Gasteiger partial charge in [-0.3, -0.25) is 0 Å². The summed E-state index contributed by atoms with van der Waals surface area (Å²) in [6, 6.07) is 0.0880. The molecule has 1 heterocycles. The number of nitrogens with one attached hydrogen (secondary N) is 1. The van der Waals surface area contributed by atoms with Crippen LogP contribution in [0.5, 0.6) is 0 Å². The minimum absolute atomic E-state index is 0.0292. The molecule has 0 aliphatic carbocycles. The van der Waals surface area contributed by atoms with Gasteiger partial charge in [-0.05, 0) is 6.42 Å². The predicted molar refractivity (Wildman–Crippen MR) is 46.2 cm³/mol. The zero-order chi connectivity index (χ0) is 8.43.